The lowest BCUT2D eigenvalue weighted by Crippen LogP contribution is -2.30. The summed E-state index contributed by atoms with van der Waals surface area (Å²) < 4.78 is 68.0. The first-order valence-electron chi connectivity index (χ1n) is 35.5. The van der Waals surface area contributed by atoms with Crippen molar-refractivity contribution in [3.63, 3.8) is 0 Å². The van der Waals surface area contributed by atoms with Gasteiger partial charge in [0.25, 0.3) is 0 Å². The summed E-state index contributed by atoms with van der Waals surface area (Å²) in [5, 5.41) is 10.5. The summed E-state index contributed by atoms with van der Waals surface area (Å²) in [5.74, 6) is -0.589. The molecule has 3 N–H and O–H groups in total. The van der Waals surface area contributed by atoms with E-state index in [1.54, 1.807) is 0 Å². The van der Waals surface area contributed by atoms with Crippen molar-refractivity contribution in [1.29, 1.82) is 0 Å². The minimum atomic E-state index is -4.95. The number of rotatable bonds is 67. The Hall–Kier alpha value is -1.94. The van der Waals surface area contributed by atoms with E-state index in [1.165, 1.54) is 154 Å². The van der Waals surface area contributed by atoms with Crippen molar-refractivity contribution in [3.8, 4) is 0 Å². The summed E-state index contributed by atoms with van der Waals surface area (Å²) in [6.07, 6.45) is 44.7. The Morgan fingerprint density at radius 2 is 0.529 bits per heavy atom. The smallest absolute Gasteiger partial charge is 0.462 e. The molecule has 0 aliphatic carbocycles. The lowest BCUT2D eigenvalue weighted by atomic mass is 10.0. The molecule has 0 spiro atoms. The van der Waals surface area contributed by atoms with E-state index in [4.69, 9.17) is 37.0 Å². The zero-order chi connectivity index (χ0) is 64.3. The zero-order valence-electron chi connectivity index (χ0n) is 56.3. The van der Waals surface area contributed by atoms with Crippen molar-refractivity contribution < 1.29 is 80.2 Å². The molecule has 0 saturated carbocycles. The quantitative estimate of drug-likeness (QED) is 0.0222. The van der Waals surface area contributed by atoms with Gasteiger partial charge in [-0.05, 0) is 37.5 Å². The average molecular weight is 1280 g/mol. The molecule has 0 aliphatic rings. The van der Waals surface area contributed by atoms with E-state index in [1.807, 2.05) is 0 Å². The molecule has 17 nitrogen and oxygen atoms in total. The first kappa shape index (κ1) is 85.1. The van der Waals surface area contributed by atoms with Crippen LogP contribution in [0.2, 0.25) is 0 Å². The van der Waals surface area contributed by atoms with Crippen LogP contribution in [0.15, 0.2) is 0 Å². The number of hydrogen-bond acceptors (Lipinski definition) is 15. The fourth-order valence-corrected chi connectivity index (χ4v) is 11.8. The molecular weight excluding hydrogens is 1150 g/mol. The van der Waals surface area contributed by atoms with Crippen LogP contribution in [0.1, 0.15) is 343 Å². The summed E-state index contributed by atoms with van der Waals surface area (Å²) in [6, 6.07) is 0. The van der Waals surface area contributed by atoms with Gasteiger partial charge in [0.15, 0.2) is 12.2 Å². The number of aliphatic hydroxyl groups excluding tert-OH is 1. The second kappa shape index (κ2) is 60.3. The Morgan fingerprint density at radius 3 is 0.782 bits per heavy atom. The van der Waals surface area contributed by atoms with E-state index in [0.29, 0.717) is 25.7 Å². The van der Waals surface area contributed by atoms with Gasteiger partial charge in [0, 0.05) is 25.7 Å². The molecule has 0 bridgehead atoms. The number of carbonyl (C=O) groups excluding carboxylic acids is 4. The maximum atomic E-state index is 13.0. The molecule has 0 amide bonds. The number of ether oxygens (including phenoxy) is 4. The molecule has 0 aromatic heterocycles. The van der Waals surface area contributed by atoms with Crippen LogP contribution < -0.4 is 0 Å². The van der Waals surface area contributed by atoms with Crippen molar-refractivity contribution in [2.75, 3.05) is 39.6 Å². The maximum absolute atomic E-state index is 13.0. The second-order valence-corrected chi connectivity index (χ2v) is 28.4. The van der Waals surface area contributed by atoms with E-state index in [2.05, 4.69) is 41.5 Å². The zero-order valence-corrected chi connectivity index (χ0v) is 58.1. The molecule has 0 heterocycles. The molecular formula is C68H132O17P2. The third kappa shape index (κ3) is 62.6. The normalized spacial score (nSPS) is 14.2. The summed E-state index contributed by atoms with van der Waals surface area (Å²) in [7, 11) is -9.89. The molecule has 0 radical (unpaired) electrons. The van der Waals surface area contributed by atoms with Gasteiger partial charge in [0.05, 0.1) is 26.4 Å². The van der Waals surface area contributed by atoms with Gasteiger partial charge in [0.2, 0.25) is 0 Å². The minimum Gasteiger partial charge on any atom is -0.462 e. The fraction of sp³-hybridized carbons (Fsp3) is 0.941. The van der Waals surface area contributed by atoms with Crippen LogP contribution in [0, 0.1) is 11.8 Å². The highest BCUT2D eigenvalue weighted by Gasteiger charge is 2.30. The number of phosphoric acid groups is 2. The highest BCUT2D eigenvalue weighted by molar-refractivity contribution is 7.47. The monoisotopic (exact) mass is 1280 g/mol. The molecule has 2 unspecified atom stereocenters. The molecule has 0 aromatic rings. The van der Waals surface area contributed by atoms with Gasteiger partial charge < -0.3 is 33.8 Å². The number of unbranched alkanes of at least 4 members (excludes halogenated alkanes) is 37. The first-order chi connectivity index (χ1) is 41.9. The lowest BCUT2D eigenvalue weighted by Gasteiger charge is -2.21. The first-order valence-corrected chi connectivity index (χ1v) is 38.5. The topological polar surface area (TPSA) is 237 Å². The van der Waals surface area contributed by atoms with E-state index in [-0.39, 0.29) is 25.7 Å². The van der Waals surface area contributed by atoms with Crippen LogP contribution in [0.5, 0.6) is 0 Å². The molecule has 0 saturated heterocycles. The summed E-state index contributed by atoms with van der Waals surface area (Å²) in [4.78, 5) is 72.2. The Labute approximate surface area is 530 Å². The number of esters is 4. The highest BCUT2D eigenvalue weighted by atomic mass is 31.2. The van der Waals surface area contributed by atoms with Crippen LogP contribution in [0.3, 0.4) is 0 Å². The van der Waals surface area contributed by atoms with Crippen molar-refractivity contribution in [3.05, 3.63) is 0 Å². The van der Waals surface area contributed by atoms with Crippen molar-refractivity contribution in [2.24, 2.45) is 11.8 Å². The molecule has 0 aromatic carbocycles. The van der Waals surface area contributed by atoms with Crippen LogP contribution in [-0.4, -0.2) is 96.7 Å². The van der Waals surface area contributed by atoms with Gasteiger partial charge in [-0.1, -0.05) is 292 Å². The SMILES string of the molecule is CCCCCCCCCCCCCCCC(=O)O[C@H](COC(=O)CCCCCCC)COP(=O)(O)OC[C@H](O)COP(=O)(O)OC[C@@H](COC(=O)CCCCCCCCCCCCCC(C)C)OC(=O)CCCCCCCCCCCCCCC(C)C. The Bertz CT molecular complexity index is 1700. The van der Waals surface area contributed by atoms with Crippen LogP contribution in [-0.2, 0) is 65.4 Å². The van der Waals surface area contributed by atoms with Gasteiger partial charge in [0.1, 0.15) is 19.3 Å². The van der Waals surface area contributed by atoms with E-state index >= 15 is 0 Å². The van der Waals surface area contributed by atoms with E-state index in [0.717, 1.165) is 108 Å². The largest absolute Gasteiger partial charge is 0.472 e. The Kier molecular flexibility index (Phi) is 59.0. The standard InChI is InChI=1S/C68H132O17P2/c1-7-9-11-13-14-15-16-17-23-29-34-40-46-52-67(72)84-63(56-78-65(70)50-44-36-12-10-8-2)58-82-86(74,75)80-54-62(69)55-81-87(76,77)83-59-64(57-79-66(71)51-45-39-33-28-25-20-22-27-32-38-43-49-61(5)6)85-68(73)53-47-41-35-30-24-19-18-21-26-31-37-42-48-60(3)4/h60-64,69H,7-59H2,1-6H3,(H,74,75)(H,76,77)/t62-,63+,64+/m0/s1. The van der Waals surface area contributed by atoms with Crippen LogP contribution in [0.4, 0.5) is 0 Å². The molecule has 87 heavy (non-hydrogen) atoms. The number of carbonyl (C=O) groups is 4. The molecule has 516 valence electrons. The molecule has 19 heteroatoms. The van der Waals surface area contributed by atoms with Gasteiger partial charge in [-0.25, -0.2) is 9.13 Å². The predicted octanol–water partition coefficient (Wildman–Crippen LogP) is 19.2. The van der Waals surface area contributed by atoms with Crippen molar-refractivity contribution in [1.82, 2.24) is 0 Å². The summed E-state index contributed by atoms with van der Waals surface area (Å²) in [5.41, 5.74) is 0. The van der Waals surface area contributed by atoms with Crippen LogP contribution >= 0.6 is 15.6 Å². The molecule has 0 aliphatic heterocycles. The second-order valence-electron chi connectivity index (χ2n) is 25.5. The van der Waals surface area contributed by atoms with Gasteiger partial charge >= 0.3 is 39.5 Å². The minimum absolute atomic E-state index is 0.107. The van der Waals surface area contributed by atoms with Crippen molar-refractivity contribution in [2.45, 2.75) is 362 Å². The number of aliphatic hydroxyl groups is 1. The van der Waals surface area contributed by atoms with Gasteiger partial charge in [-0.3, -0.25) is 37.3 Å². The Morgan fingerprint density at radius 1 is 0.310 bits per heavy atom. The average Bonchev–Trinajstić information content (AvgIpc) is 3.69. The third-order valence-corrected chi connectivity index (χ3v) is 17.6. The summed E-state index contributed by atoms with van der Waals surface area (Å²) >= 11 is 0. The fourth-order valence-electron chi connectivity index (χ4n) is 10.2. The molecule has 0 rings (SSSR count). The highest BCUT2D eigenvalue weighted by Crippen LogP contribution is 2.45. The number of hydrogen-bond donors (Lipinski definition) is 3. The number of phosphoric ester groups is 2. The van der Waals surface area contributed by atoms with Crippen LogP contribution in [0.25, 0.3) is 0 Å². The maximum Gasteiger partial charge on any atom is 0.472 e. The third-order valence-electron chi connectivity index (χ3n) is 15.7. The summed E-state index contributed by atoms with van der Waals surface area (Å²) in [6.45, 7) is 9.46. The lowest BCUT2D eigenvalue weighted by molar-refractivity contribution is -0.161. The van der Waals surface area contributed by atoms with Gasteiger partial charge in [-0.15, -0.1) is 0 Å². The van der Waals surface area contributed by atoms with E-state index < -0.39 is 97.5 Å². The molecule has 5 atom stereocenters. The van der Waals surface area contributed by atoms with Gasteiger partial charge in [-0.2, -0.15) is 0 Å². The molecule has 0 fully saturated rings. The van der Waals surface area contributed by atoms with E-state index in [9.17, 15) is 43.2 Å². The predicted molar refractivity (Wildman–Crippen MR) is 349 cm³/mol. The van der Waals surface area contributed by atoms with Crippen molar-refractivity contribution >= 4 is 39.5 Å². The Balaban J connectivity index is 5.17.